The zero-order valence-electron chi connectivity index (χ0n) is 10.3. The Hall–Kier alpha value is -1.68. The van der Waals surface area contributed by atoms with E-state index in [-0.39, 0.29) is 0 Å². The van der Waals surface area contributed by atoms with Crippen molar-refractivity contribution in [3.63, 3.8) is 0 Å². The van der Waals surface area contributed by atoms with Crippen LogP contribution in [0.25, 0.3) is 0 Å². The number of anilines is 3. The molecule has 0 aromatic heterocycles. The highest BCUT2D eigenvalue weighted by Crippen LogP contribution is 2.29. The molecular weight excluding hydrogens is 292 g/mol. The molecule has 94 valence electrons. The van der Waals surface area contributed by atoms with Crippen molar-refractivity contribution in [2.24, 2.45) is 0 Å². The lowest BCUT2D eigenvalue weighted by Crippen LogP contribution is -1.97. The zero-order chi connectivity index (χ0) is 13.1. The van der Waals surface area contributed by atoms with Crippen LogP contribution in [0.15, 0.2) is 40.9 Å². The maximum atomic E-state index is 5.93. The van der Waals surface area contributed by atoms with E-state index >= 15 is 0 Å². The van der Waals surface area contributed by atoms with Crippen molar-refractivity contribution in [3.05, 3.63) is 46.4 Å². The summed E-state index contributed by atoms with van der Waals surface area (Å²) in [5.41, 5.74) is 9.63. The van der Waals surface area contributed by atoms with Crippen molar-refractivity contribution in [2.75, 3.05) is 18.2 Å². The molecule has 3 nitrogen and oxygen atoms in total. The van der Waals surface area contributed by atoms with E-state index in [1.807, 2.05) is 37.3 Å². The van der Waals surface area contributed by atoms with Crippen LogP contribution in [-0.2, 0) is 0 Å². The van der Waals surface area contributed by atoms with Crippen molar-refractivity contribution < 1.29 is 4.74 Å². The standard InChI is InChI=1S/C14H15BrN2O/c1-9-7-10(3-5-12(9)15)17-14-8-11(18-2)4-6-13(14)16/h3-8,17H,16H2,1-2H3. The molecule has 0 amide bonds. The Morgan fingerprint density at radius 2 is 1.94 bits per heavy atom. The number of methoxy groups -OCH3 is 1. The fourth-order valence-corrected chi connectivity index (χ4v) is 1.90. The second-order valence-electron chi connectivity index (χ2n) is 4.04. The first-order valence-corrected chi connectivity index (χ1v) is 6.36. The van der Waals surface area contributed by atoms with Crippen molar-refractivity contribution in [1.29, 1.82) is 0 Å². The summed E-state index contributed by atoms with van der Waals surface area (Å²) in [6, 6.07) is 11.6. The van der Waals surface area contributed by atoms with E-state index in [2.05, 4.69) is 27.3 Å². The SMILES string of the molecule is COc1ccc(N)c(Nc2ccc(Br)c(C)c2)c1. The number of hydrogen-bond acceptors (Lipinski definition) is 3. The molecule has 0 saturated heterocycles. The fraction of sp³-hybridized carbons (Fsp3) is 0.143. The lowest BCUT2D eigenvalue weighted by atomic mass is 10.2. The molecule has 3 N–H and O–H groups in total. The Bertz CT molecular complexity index is 570. The highest BCUT2D eigenvalue weighted by Gasteiger charge is 2.03. The quantitative estimate of drug-likeness (QED) is 0.840. The van der Waals surface area contributed by atoms with Gasteiger partial charge in [0, 0.05) is 16.2 Å². The van der Waals surface area contributed by atoms with Crippen LogP contribution in [0.2, 0.25) is 0 Å². The molecule has 0 heterocycles. The normalized spacial score (nSPS) is 10.2. The minimum absolute atomic E-state index is 0.691. The molecular formula is C14H15BrN2O. The number of benzene rings is 2. The van der Waals surface area contributed by atoms with Gasteiger partial charge in [0.25, 0.3) is 0 Å². The van der Waals surface area contributed by atoms with Gasteiger partial charge in [0.15, 0.2) is 0 Å². The van der Waals surface area contributed by atoms with E-state index in [0.717, 1.165) is 21.6 Å². The maximum absolute atomic E-state index is 5.93. The summed E-state index contributed by atoms with van der Waals surface area (Å²) in [7, 11) is 1.64. The highest BCUT2D eigenvalue weighted by atomic mass is 79.9. The third kappa shape index (κ3) is 2.76. The minimum Gasteiger partial charge on any atom is -0.497 e. The van der Waals surface area contributed by atoms with Crippen molar-refractivity contribution in [2.45, 2.75) is 6.92 Å². The second kappa shape index (κ2) is 5.31. The van der Waals surface area contributed by atoms with Crippen molar-refractivity contribution >= 4 is 33.0 Å². The van der Waals surface area contributed by atoms with E-state index in [1.165, 1.54) is 5.56 Å². The molecule has 0 spiro atoms. The van der Waals surface area contributed by atoms with E-state index in [4.69, 9.17) is 10.5 Å². The Labute approximate surface area is 115 Å². The predicted molar refractivity (Wildman–Crippen MR) is 79.6 cm³/mol. The molecule has 0 bridgehead atoms. The number of halogens is 1. The third-order valence-electron chi connectivity index (χ3n) is 2.70. The molecule has 0 unspecified atom stereocenters. The van der Waals surface area contributed by atoms with E-state index in [9.17, 15) is 0 Å². The predicted octanol–water partition coefficient (Wildman–Crippen LogP) is 4.09. The topological polar surface area (TPSA) is 47.3 Å². The van der Waals surface area contributed by atoms with Crippen molar-refractivity contribution in [3.8, 4) is 5.75 Å². The molecule has 18 heavy (non-hydrogen) atoms. The monoisotopic (exact) mass is 306 g/mol. The number of rotatable bonds is 3. The molecule has 0 aliphatic heterocycles. The number of nitrogens with one attached hydrogen (secondary N) is 1. The zero-order valence-corrected chi connectivity index (χ0v) is 11.9. The van der Waals surface area contributed by atoms with Gasteiger partial charge in [-0.15, -0.1) is 0 Å². The van der Waals surface area contributed by atoms with Gasteiger partial charge in [-0.2, -0.15) is 0 Å². The van der Waals surface area contributed by atoms with Crippen LogP contribution in [0.4, 0.5) is 17.1 Å². The molecule has 0 atom stereocenters. The average molecular weight is 307 g/mol. The molecule has 2 aromatic rings. The number of aryl methyl sites for hydroxylation is 1. The Morgan fingerprint density at radius 1 is 1.17 bits per heavy atom. The van der Waals surface area contributed by atoms with Gasteiger partial charge >= 0.3 is 0 Å². The summed E-state index contributed by atoms with van der Waals surface area (Å²) >= 11 is 3.48. The average Bonchev–Trinajstić information content (AvgIpc) is 2.36. The van der Waals surface area contributed by atoms with Gasteiger partial charge in [-0.05, 0) is 42.8 Å². The van der Waals surface area contributed by atoms with Gasteiger partial charge in [-0.3, -0.25) is 0 Å². The summed E-state index contributed by atoms with van der Waals surface area (Å²) in [6.07, 6.45) is 0. The first-order valence-electron chi connectivity index (χ1n) is 5.57. The summed E-state index contributed by atoms with van der Waals surface area (Å²) in [5, 5.41) is 3.29. The van der Waals surface area contributed by atoms with Crippen LogP contribution in [-0.4, -0.2) is 7.11 Å². The molecule has 0 aliphatic carbocycles. The summed E-state index contributed by atoms with van der Waals surface area (Å²) in [5.74, 6) is 0.778. The summed E-state index contributed by atoms with van der Waals surface area (Å²) in [6.45, 7) is 2.05. The smallest absolute Gasteiger partial charge is 0.121 e. The van der Waals surface area contributed by atoms with Gasteiger partial charge in [-0.1, -0.05) is 15.9 Å². The van der Waals surface area contributed by atoms with Crippen LogP contribution in [0.5, 0.6) is 5.75 Å². The number of ether oxygens (including phenoxy) is 1. The third-order valence-corrected chi connectivity index (χ3v) is 3.59. The number of nitrogen functional groups attached to an aromatic ring is 1. The minimum atomic E-state index is 0.691. The van der Waals surface area contributed by atoms with E-state index < -0.39 is 0 Å². The largest absolute Gasteiger partial charge is 0.497 e. The fourth-order valence-electron chi connectivity index (χ4n) is 1.65. The first kappa shape index (κ1) is 12.8. The van der Waals surface area contributed by atoms with Crippen molar-refractivity contribution in [1.82, 2.24) is 0 Å². The van der Waals surface area contributed by atoms with Crippen LogP contribution >= 0.6 is 15.9 Å². The summed E-state index contributed by atoms with van der Waals surface area (Å²) < 4.78 is 6.28. The van der Waals surface area contributed by atoms with Gasteiger partial charge in [0.2, 0.25) is 0 Å². The van der Waals surface area contributed by atoms with Crippen LogP contribution in [0.1, 0.15) is 5.56 Å². The second-order valence-corrected chi connectivity index (χ2v) is 4.90. The van der Waals surface area contributed by atoms with Crippen LogP contribution < -0.4 is 15.8 Å². The van der Waals surface area contributed by atoms with Gasteiger partial charge in [-0.25, -0.2) is 0 Å². The molecule has 2 aromatic carbocycles. The maximum Gasteiger partial charge on any atom is 0.121 e. The molecule has 4 heteroatoms. The van der Waals surface area contributed by atoms with Gasteiger partial charge in [0.05, 0.1) is 18.5 Å². The first-order chi connectivity index (χ1) is 8.60. The Kier molecular flexibility index (Phi) is 3.77. The molecule has 0 saturated carbocycles. The van der Waals surface area contributed by atoms with Crippen LogP contribution in [0.3, 0.4) is 0 Å². The number of hydrogen-bond donors (Lipinski definition) is 2. The van der Waals surface area contributed by atoms with Gasteiger partial charge in [0.1, 0.15) is 5.75 Å². The van der Waals surface area contributed by atoms with E-state index in [0.29, 0.717) is 5.69 Å². The van der Waals surface area contributed by atoms with Gasteiger partial charge < -0.3 is 15.8 Å². The molecule has 0 aliphatic rings. The lowest BCUT2D eigenvalue weighted by molar-refractivity contribution is 0.415. The molecule has 0 fully saturated rings. The number of nitrogens with two attached hydrogens (primary N) is 1. The highest BCUT2D eigenvalue weighted by molar-refractivity contribution is 9.10. The van der Waals surface area contributed by atoms with Crippen LogP contribution in [0, 0.1) is 6.92 Å². The Balaban J connectivity index is 2.30. The summed E-state index contributed by atoms with van der Waals surface area (Å²) in [4.78, 5) is 0. The van der Waals surface area contributed by atoms with E-state index in [1.54, 1.807) is 7.11 Å². The molecule has 0 radical (unpaired) electrons. The lowest BCUT2D eigenvalue weighted by Gasteiger charge is -2.12. The Morgan fingerprint density at radius 3 is 2.61 bits per heavy atom. The molecule has 2 rings (SSSR count).